The Morgan fingerprint density at radius 2 is 2.24 bits per heavy atom. The van der Waals surface area contributed by atoms with Gasteiger partial charge in [0.25, 0.3) is 5.91 Å². The van der Waals surface area contributed by atoms with Crippen molar-refractivity contribution in [2.45, 2.75) is 26.7 Å². The lowest BCUT2D eigenvalue weighted by Crippen LogP contribution is -2.30. The molecule has 2 atom stereocenters. The molecule has 1 N–H and O–H groups in total. The van der Waals surface area contributed by atoms with Crippen molar-refractivity contribution in [2.24, 2.45) is 11.3 Å². The third-order valence-electron chi connectivity index (χ3n) is 5.38. The van der Waals surface area contributed by atoms with Gasteiger partial charge in [0.05, 0.1) is 17.4 Å². The molecular formula is C19H21N3O3. The lowest BCUT2D eigenvalue weighted by molar-refractivity contribution is -0.118. The van der Waals surface area contributed by atoms with E-state index in [1.807, 2.05) is 24.8 Å². The van der Waals surface area contributed by atoms with Gasteiger partial charge in [0.1, 0.15) is 11.5 Å². The second-order valence-corrected chi connectivity index (χ2v) is 7.15. The molecule has 0 aromatic carbocycles. The maximum absolute atomic E-state index is 12.7. The van der Waals surface area contributed by atoms with Gasteiger partial charge >= 0.3 is 0 Å². The van der Waals surface area contributed by atoms with Crippen LogP contribution in [-0.4, -0.2) is 34.8 Å². The number of amides is 2. The average molecular weight is 339 g/mol. The van der Waals surface area contributed by atoms with Crippen molar-refractivity contribution in [3.05, 3.63) is 47.7 Å². The van der Waals surface area contributed by atoms with E-state index in [4.69, 9.17) is 4.42 Å². The van der Waals surface area contributed by atoms with Crippen LogP contribution in [0.25, 0.3) is 0 Å². The predicted molar refractivity (Wildman–Crippen MR) is 92.1 cm³/mol. The zero-order valence-electron chi connectivity index (χ0n) is 14.4. The van der Waals surface area contributed by atoms with Crippen LogP contribution in [-0.2, 0) is 4.79 Å². The molecule has 2 aliphatic rings. The number of anilines is 1. The van der Waals surface area contributed by atoms with Crippen molar-refractivity contribution >= 4 is 17.5 Å². The van der Waals surface area contributed by atoms with E-state index >= 15 is 0 Å². The quantitative estimate of drug-likeness (QED) is 0.933. The molecule has 4 rings (SSSR count). The minimum Gasteiger partial charge on any atom is -0.466 e. The second-order valence-electron chi connectivity index (χ2n) is 7.15. The van der Waals surface area contributed by atoms with Crippen LogP contribution in [0.1, 0.15) is 34.7 Å². The first-order valence-electron chi connectivity index (χ1n) is 8.56. The minimum atomic E-state index is -0.0609. The Kier molecular flexibility index (Phi) is 3.63. The summed E-state index contributed by atoms with van der Waals surface area (Å²) in [5.74, 6) is 1.40. The maximum atomic E-state index is 12.7. The number of likely N-dealkylation sites (tertiary alicyclic amines) is 1. The zero-order valence-corrected chi connectivity index (χ0v) is 14.4. The number of rotatable bonds is 3. The molecule has 2 aromatic rings. The number of furan rings is 1. The summed E-state index contributed by atoms with van der Waals surface area (Å²) in [7, 11) is 0. The summed E-state index contributed by atoms with van der Waals surface area (Å²) in [4.78, 5) is 31.1. The Hall–Kier alpha value is -2.63. The number of aromatic nitrogens is 1. The van der Waals surface area contributed by atoms with E-state index in [-0.39, 0.29) is 23.1 Å². The van der Waals surface area contributed by atoms with Gasteiger partial charge in [0.2, 0.25) is 5.91 Å². The normalized spacial score (nSPS) is 24.6. The van der Waals surface area contributed by atoms with Gasteiger partial charge in [-0.1, -0.05) is 0 Å². The zero-order chi connectivity index (χ0) is 17.6. The predicted octanol–water partition coefficient (Wildman–Crippen LogP) is 2.78. The number of nitrogens with one attached hydrogen (secondary N) is 1. The van der Waals surface area contributed by atoms with Crippen LogP contribution in [0.5, 0.6) is 0 Å². The summed E-state index contributed by atoms with van der Waals surface area (Å²) in [5, 5.41) is 2.92. The van der Waals surface area contributed by atoms with E-state index < -0.39 is 0 Å². The van der Waals surface area contributed by atoms with Crippen LogP contribution < -0.4 is 5.32 Å². The first-order valence-corrected chi connectivity index (χ1v) is 8.56. The molecule has 1 saturated heterocycles. The molecule has 2 amide bonds. The Labute approximate surface area is 146 Å². The van der Waals surface area contributed by atoms with Crippen molar-refractivity contribution in [1.29, 1.82) is 0 Å². The van der Waals surface area contributed by atoms with Crippen molar-refractivity contribution < 1.29 is 14.0 Å². The minimum absolute atomic E-state index is 0.00421. The lowest BCUT2D eigenvalue weighted by atomic mass is 10.0. The SMILES string of the molecule is Cc1cc(C(=O)N2CCC3(CC3C(=O)Nc3cccnc3)C2)c(C)o1. The third-order valence-corrected chi connectivity index (χ3v) is 5.38. The standard InChI is InChI=1S/C19H21N3O3/c1-12-8-15(13(2)25-12)18(24)22-7-5-19(11-22)9-16(19)17(23)21-14-4-3-6-20-10-14/h3-4,6,8,10,16H,5,7,9,11H2,1-2H3,(H,21,23). The number of hydrogen-bond donors (Lipinski definition) is 1. The monoisotopic (exact) mass is 339 g/mol. The summed E-state index contributed by atoms with van der Waals surface area (Å²) in [6.07, 6.45) is 5.03. The largest absolute Gasteiger partial charge is 0.466 e. The van der Waals surface area contributed by atoms with Gasteiger partial charge in [-0.25, -0.2) is 0 Å². The molecule has 2 unspecified atom stereocenters. The van der Waals surface area contributed by atoms with Crippen molar-refractivity contribution in [2.75, 3.05) is 18.4 Å². The second kappa shape index (κ2) is 5.72. The van der Waals surface area contributed by atoms with Crippen molar-refractivity contribution in [3.8, 4) is 0 Å². The number of pyridine rings is 1. The van der Waals surface area contributed by atoms with Crippen LogP contribution in [0, 0.1) is 25.2 Å². The van der Waals surface area contributed by atoms with Crippen molar-refractivity contribution in [3.63, 3.8) is 0 Å². The molecule has 1 spiro atoms. The van der Waals surface area contributed by atoms with E-state index in [1.54, 1.807) is 24.5 Å². The molecular weight excluding hydrogens is 318 g/mol. The summed E-state index contributed by atoms with van der Waals surface area (Å²) in [6, 6.07) is 5.42. The average Bonchev–Trinajstić information content (AvgIpc) is 2.94. The molecule has 0 bridgehead atoms. The highest BCUT2D eigenvalue weighted by Crippen LogP contribution is 2.59. The van der Waals surface area contributed by atoms with Gasteiger partial charge in [-0.15, -0.1) is 0 Å². The number of hydrogen-bond acceptors (Lipinski definition) is 4. The molecule has 6 nitrogen and oxygen atoms in total. The number of carbonyl (C=O) groups is 2. The van der Waals surface area contributed by atoms with Crippen LogP contribution >= 0.6 is 0 Å². The third kappa shape index (κ3) is 2.81. The molecule has 2 fully saturated rings. The topological polar surface area (TPSA) is 75.4 Å². The lowest BCUT2D eigenvalue weighted by Gasteiger charge is -2.16. The van der Waals surface area contributed by atoms with E-state index in [2.05, 4.69) is 10.3 Å². The van der Waals surface area contributed by atoms with E-state index in [1.165, 1.54) is 0 Å². The summed E-state index contributed by atoms with van der Waals surface area (Å²) in [5.41, 5.74) is 1.28. The molecule has 6 heteroatoms. The van der Waals surface area contributed by atoms with Crippen LogP contribution in [0.3, 0.4) is 0 Å². The Morgan fingerprint density at radius 3 is 2.92 bits per heavy atom. The first-order chi connectivity index (χ1) is 12.0. The van der Waals surface area contributed by atoms with Crippen LogP contribution in [0.2, 0.25) is 0 Å². The fourth-order valence-electron chi connectivity index (χ4n) is 3.92. The molecule has 25 heavy (non-hydrogen) atoms. The number of nitrogens with zero attached hydrogens (tertiary/aromatic N) is 2. The maximum Gasteiger partial charge on any atom is 0.257 e. The van der Waals surface area contributed by atoms with Crippen LogP contribution in [0.15, 0.2) is 35.0 Å². The summed E-state index contributed by atoms with van der Waals surface area (Å²) in [6.45, 7) is 4.99. The van der Waals surface area contributed by atoms with Gasteiger partial charge in [0.15, 0.2) is 0 Å². The molecule has 1 aliphatic carbocycles. The van der Waals surface area contributed by atoms with Gasteiger partial charge in [-0.2, -0.15) is 0 Å². The Balaban J connectivity index is 1.40. The summed E-state index contributed by atoms with van der Waals surface area (Å²) < 4.78 is 5.47. The molecule has 130 valence electrons. The Morgan fingerprint density at radius 1 is 1.40 bits per heavy atom. The molecule has 2 aromatic heterocycles. The highest BCUT2D eigenvalue weighted by Gasteiger charge is 2.61. The Bertz CT molecular complexity index is 830. The molecule has 1 aliphatic heterocycles. The fourth-order valence-corrected chi connectivity index (χ4v) is 3.92. The molecule has 1 saturated carbocycles. The van der Waals surface area contributed by atoms with Crippen LogP contribution in [0.4, 0.5) is 5.69 Å². The van der Waals surface area contributed by atoms with Crippen molar-refractivity contribution in [1.82, 2.24) is 9.88 Å². The van der Waals surface area contributed by atoms with E-state index in [9.17, 15) is 9.59 Å². The highest BCUT2D eigenvalue weighted by molar-refractivity contribution is 5.97. The summed E-state index contributed by atoms with van der Waals surface area (Å²) >= 11 is 0. The van der Waals surface area contributed by atoms with Gasteiger partial charge in [-0.3, -0.25) is 14.6 Å². The molecule has 3 heterocycles. The molecule has 0 radical (unpaired) electrons. The van der Waals surface area contributed by atoms with E-state index in [0.29, 0.717) is 30.1 Å². The first kappa shape index (κ1) is 15.9. The highest BCUT2D eigenvalue weighted by atomic mass is 16.3. The van der Waals surface area contributed by atoms with E-state index in [0.717, 1.165) is 18.6 Å². The van der Waals surface area contributed by atoms with Gasteiger partial charge in [0, 0.05) is 30.6 Å². The number of carbonyl (C=O) groups excluding carboxylic acids is 2. The fraction of sp³-hybridized carbons (Fsp3) is 0.421. The van der Waals surface area contributed by atoms with Gasteiger partial charge < -0.3 is 14.6 Å². The number of aryl methyl sites for hydroxylation is 2. The van der Waals surface area contributed by atoms with Gasteiger partial charge in [-0.05, 0) is 44.9 Å². The smallest absolute Gasteiger partial charge is 0.257 e.